The zero-order chi connectivity index (χ0) is 16.3. The van der Waals surface area contributed by atoms with Gasteiger partial charge in [-0.15, -0.1) is 0 Å². The summed E-state index contributed by atoms with van der Waals surface area (Å²) in [7, 11) is 0. The normalized spacial score (nSPS) is 13.0. The topological polar surface area (TPSA) is 0 Å². The maximum absolute atomic E-state index is 3.91. The van der Waals surface area contributed by atoms with E-state index in [1.54, 1.807) is 0 Å². The molecule has 0 fully saturated rings. The standard InChI is InChI=1S/C22H42/c1-4-6-8-10-11-12-13-14-15-16-17-19-21-22(3)20-18-9-7-5-2/h13-14,22H,1-2,4-12,15-21H2,3H3. The lowest BCUT2D eigenvalue weighted by Crippen LogP contribution is -1.94. The van der Waals surface area contributed by atoms with Crippen LogP contribution in [0.25, 0.3) is 0 Å². The van der Waals surface area contributed by atoms with Gasteiger partial charge in [0.05, 0.1) is 0 Å². The molecule has 0 aliphatic carbocycles. The van der Waals surface area contributed by atoms with E-state index in [9.17, 15) is 0 Å². The van der Waals surface area contributed by atoms with Crippen LogP contribution >= 0.6 is 0 Å². The first-order chi connectivity index (χ1) is 10.8. The van der Waals surface area contributed by atoms with E-state index in [-0.39, 0.29) is 0 Å². The van der Waals surface area contributed by atoms with Crippen LogP contribution < -0.4 is 0 Å². The fourth-order valence-electron chi connectivity index (χ4n) is 2.95. The molecule has 0 aromatic rings. The number of rotatable bonds is 17. The van der Waals surface area contributed by atoms with E-state index in [4.69, 9.17) is 0 Å². The highest BCUT2D eigenvalue weighted by Gasteiger charge is 2.01. The highest BCUT2D eigenvalue weighted by atomic mass is 14.1. The summed E-state index contributed by atoms with van der Waals surface area (Å²) in [4.78, 5) is 0. The molecule has 0 rings (SSSR count). The maximum atomic E-state index is 3.91. The Bertz CT molecular complexity index is 216. The monoisotopic (exact) mass is 306 g/mol. The summed E-state index contributed by atoms with van der Waals surface area (Å²) >= 11 is 0. The van der Waals surface area contributed by atoms with Crippen molar-refractivity contribution >= 4 is 0 Å². The molecule has 0 heterocycles. The summed E-state index contributed by atoms with van der Waals surface area (Å²) in [5.74, 6) is 0.929. The van der Waals surface area contributed by atoms with Crippen molar-refractivity contribution < 1.29 is 0 Å². The molecule has 0 saturated heterocycles. The molecule has 0 aliphatic heterocycles. The molecule has 0 nitrogen and oxygen atoms in total. The second-order valence-electron chi connectivity index (χ2n) is 6.97. The molecule has 0 aliphatic rings. The molecule has 0 aromatic carbocycles. The molecule has 0 heteroatoms. The molecule has 0 N–H and O–H groups in total. The van der Waals surface area contributed by atoms with Crippen molar-refractivity contribution in [1.82, 2.24) is 0 Å². The molecule has 0 spiro atoms. The van der Waals surface area contributed by atoms with Crippen molar-refractivity contribution in [2.45, 2.75) is 110 Å². The molecule has 130 valence electrons. The van der Waals surface area contributed by atoms with Crippen LogP contribution in [-0.2, 0) is 0 Å². The highest BCUT2D eigenvalue weighted by molar-refractivity contribution is 4.81. The Morgan fingerprint density at radius 1 is 0.591 bits per heavy atom. The van der Waals surface area contributed by atoms with E-state index < -0.39 is 0 Å². The van der Waals surface area contributed by atoms with Gasteiger partial charge in [-0.1, -0.05) is 110 Å². The maximum Gasteiger partial charge on any atom is -0.0351 e. The van der Waals surface area contributed by atoms with Crippen LogP contribution in [0.5, 0.6) is 0 Å². The molecule has 0 saturated carbocycles. The van der Waals surface area contributed by atoms with Crippen LogP contribution in [0.3, 0.4) is 0 Å². The van der Waals surface area contributed by atoms with Crippen molar-refractivity contribution in [3.63, 3.8) is 0 Å². The summed E-state index contributed by atoms with van der Waals surface area (Å²) in [6.45, 7) is 10.2. The predicted molar refractivity (Wildman–Crippen MR) is 103 cm³/mol. The molecule has 22 heavy (non-hydrogen) atoms. The fourth-order valence-corrected chi connectivity index (χ4v) is 2.95. The van der Waals surface area contributed by atoms with Gasteiger partial charge >= 0.3 is 0 Å². The van der Waals surface area contributed by atoms with Gasteiger partial charge in [-0.2, -0.15) is 0 Å². The first-order valence-corrected chi connectivity index (χ1v) is 10.0. The Hall–Kier alpha value is -0.260. The van der Waals surface area contributed by atoms with Gasteiger partial charge in [-0.25, -0.2) is 0 Å². The van der Waals surface area contributed by atoms with Crippen LogP contribution in [0, 0.1) is 19.8 Å². The van der Waals surface area contributed by atoms with Gasteiger partial charge in [-0.3, -0.25) is 0 Å². The average Bonchev–Trinajstić information content (AvgIpc) is 2.52. The fraction of sp³-hybridized carbons (Fsp3) is 0.818. The van der Waals surface area contributed by atoms with Crippen LogP contribution in [0.4, 0.5) is 0 Å². The molecule has 0 amide bonds. The Morgan fingerprint density at radius 2 is 1.00 bits per heavy atom. The first-order valence-electron chi connectivity index (χ1n) is 10.0. The molecule has 1 atom stereocenters. The van der Waals surface area contributed by atoms with E-state index in [2.05, 4.69) is 32.9 Å². The molecule has 1 unspecified atom stereocenters. The van der Waals surface area contributed by atoms with Gasteiger partial charge in [-0.05, 0) is 31.6 Å². The number of hydrogen-bond acceptors (Lipinski definition) is 0. The third-order valence-electron chi connectivity index (χ3n) is 4.55. The number of allylic oxidation sites excluding steroid dienone is 2. The third-order valence-corrected chi connectivity index (χ3v) is 4.55. The van der Waals surface area contributed by atoms with Crippen LogP contribution in [0.2, 0.25) is 0 Å². The Labute approximate surface area is 142 Å². The minimum absolute atomic E-state index is 0.929. The van der Waals surface area contributed by atoms with E-state index in [1.165, 1.54) is 89.9 Å². The Morgan fingerprint density at radius 3 is 1.50 bits per heavy atom. The molecule has 0 aromatic heterocycles. The van der Waals surface area contributed by atoms with Gasteiger partial charge in [0, 0.05) is 0 Å². The lowest BCUT2D eigenvalue weighted by Gasteiger charge is -2.10. The zero-order valence-electron chi connectivity index (χ0n) is 15.5. The average molecular weight is 307 g/mol. The molecule has 2 radical (unpaired) electrons. The van der Waals surface area contributed by atoms with Gasteiger partial charge in [0.15, 0.2) is 0 Å². The highest BCUT2D eigenvalue weighted by Crippen LogP contribution is 2.17. The minimum atomic E-state index is 0.929. The third kappa shape index (κ3) is 17.8. The Balaban J connectivity index is 3.18. The summed E-state index contributed by atoms with van der Waals surface area (Å²) < 4.78 is 0. The van der Waals surface area contributed by atoms with Gasteiger partial charge in [0.2, 0.25) is 0 Å². The van der Waals surface area contributed by atoms with Crippen LogP contribution in [0.1, 0.15) is 110 Å². The second-order valence-corrected chi connectivity index (χ2v) is 6.97. The summed E-state index contributed by atoms with van der Waals surface area (Å²) in [5, 5.41) is 0. The minimum Gasteiger partial charge on any atom is -0.0885 e. The van der Waals surface area contributed by atoms with Crippen molar-refractivity contribution in [3.05, 3.63) is 26.0 Å². The van der Waals surface area contributed by atoms with Crippen molar-refractivity contribution in [3.8, 4) is 0 Å². The van der Waals surface area contributed by atoms with Gasteiger partial charge in [0.1, 0.15) is 0 Å². The molecular weight excluding hydrogens is 264 g/mol. The van der Waals surface area contributed by atoms with E-state index in [0.717, 1.165) is 18.8 Å². The SMILES string of the molecule is [CH2]CCCCCCC=CCCCCCC(C)CCCCC[CH2]. The van der Waals surface area contributed by atoms with Gasteiger partial charge < -0.3 is 0 Å². The lowest BCUT2D eigenvalue weighted by molar-refractivity contribution is 0.438. The van der Waals surface area contributed by atoms with E-state index in [1.807, 2.05) is 0 Å². The summed E-state index contributed by atoms with van der Waals surface area (Å²) in [6, 6.07) is 0. The smallest absolute Gasteiger partial charge is 0.0351 e. The van der Waals surface area contributed by atoms with E-state index in [0.29, 0.717) is 0 Å². The quantitative estimate of drug-likeness (QED) is 0.188. The van der Waals surface area contributed by atoms with Crippen molar-refractivity contribution in [1.29, 1.82) is 0 Å². The lowest BCUT2D eigenvalue weighted by atomic mass is 9.96. The number of unbranched alkanes of at least 4 members (excludes halogenated alkanes) is 11. The summed E-state index contributed by atoms with van der Waals surface area (Å²) in [6.07, 6.45) is 26.2. The first kappa shape index (κ1) is 21.7. The zero-order valence-corrected chi connectivity index (χ0v) is 15.5. The predicted octanol–water partition coefficient (Wildman–Crippen LogP) is 8.09. The Kier molecular flexibility index (Phi) is 18.6. The second kappa shape index (κ2) is 18.8. The van der Waals surface area contributed by atoms with Crippen LogP contribution in [0.15, 0.2) is 12.2 Å². The molecule has 0 bridgehead atoms. The molecular formula is C22H42. The van der Waals surface area contributed by atoms with Gasteiger partial charge in [0.25, 0.3) is 0 Å². The van der Waals surface area contributed by atoms with Crippen molar-refractivity contribution in [2.24, 2.45) is 5.92 Å². The van der Waals surface area contributed by atoms with Crippen LogP contribution in [-0.4, -0.2) is 0 Å². The van der Waals surface area contributed by atoms with Crippen molar-refractivity contribution in [2.75, 3.05) is 0 Å². The number of hydrogen-bond donors (Lipinski definition) is 0. The summed E-state index contributed by atoms with van der Waals surface area (Å²) in [5.41, 5.74) is 0. The van der Waals surface area contributed by atoms with E-state index >= 15 is 0 Å². The largest absolute Gasteiger partial charge is 0.0885 e.